The van der Waals surface area contributed by atoms with Gasteiger partial charge in [-0.15, -0.1) is 0 Å². The Morgan fingerprint density at radius 1 is 0.914 bits per heavy atom. The summed E-state index contributed by atoms with van der Waals surface area (Å²) in [5.74, 6) is -3.13. The van der Waals surface area contributed by atoms with Gasteiger partial charge in [-0.25, -0.2) is 22.4 Å². The number of rotatable bonds is 6. The van der Waals surface area contributed by atoms with Crippen molar-refractivity contribution in [3.05, 3.63) is 76.4 Å². The molecule has 2 aromatic carbocycles. The Morgan fingerprint density at radius 2 is 1.54 bits per heavy atom. The van der Waals surface area contributed by atoms with Gasteiger partial charge >= 0.3 is 5.97 Å². The lowest BCUT2D eigenvalue weighted by Gasteiger charge is -2.42. The molecule has 2 aromatic rings. The second-order valence-corrected chi connectivity index (χ2v) is 10.1. The molecule has 0 N–H and O–H groups in total. The van der Waals surface area contributed by atoms with Crippen molar-refractivity contribution in [1.82, 2.24) is 0 Å². The van der Waals surface area contributed by atoms with Gasteiger partial charge in [-0.2, -0.15) is 0 Å². The van der Waals surface area contributed by atoms with Crippen molar-refractivity contribution in [1.29, 1.82) is 0 Å². The number of carbonyl (C=O) groups excluding carboxylic acids is 1. The van der Waals surface area contributed by atoms with E-state index < -0.39 is 29.2 Å². The molecule has 0 aliphatic heterocycles. The summed E-state index contributed by atoms with van der Waals surface area (Å²) in [7, 11) is 0. The average Bonchev–Trinajstić information content (AvgIpc) is 2.82. The Morgan fingerprint density at radius 3 is 2.20 bits per heavy atom. The summed E-state index contributed by atoms with van der Waals surface area (Å²) in [4.78, 5) is 12.4. The van der Waals surface area contributed by atoms with Crippen molar-refractivity contribution in [2.75, 3.05) is 0 Å². The predicted molar refractivity (Wildman–Crippen MR) is 127 cm³/mol. The maximum Gasteiger partial charge on any atom is 0.343 e. The van der Waals surface area contributed by atoms with Crippen molar-refractivity contribution < 1.29 is 27.1 Å². The molecule has 35 heavy (non-hydrogen) atoms. The predicted octanol–water partition coefficient (Wildman–Crippen LogP) is 8.43. The Hall–Kier alpha value is -2.63. The second-order valence-electron chi connectivity index (χ2n) is 10.1. The molecule has 2 saturated carbocycles. The third-order valence-electron chi connectivity index (χ3n) is 7.89. The zero-order chi connectivity index (χ0) is 25.1. The van der Waals surface area contributed by atoms with Gasteiger partial charge in [0.25, 0.3) is 0 Å². The minimum atomic E-state index is -1.07. The molecule has 0 aromatic heterocycles. The fourth-order valence-electron chi connectivity index (χ4n) is 5.95. The first-order valence-corrected chi connectivity index (χ1v) is 12.5. The fraction of sp³-hybridized carbons (Fsp3) is 0.483. The number of fused-ring (bicyclic) bond motifs is 1. The van der Waals surface area contributed by atoms with Gasteiger partial charge in [0.1, 0.15) is 29.0 Å². The number of carbonyl (C=O) groups is 1. The first-order chi connectivity index (χ1) is 16.8. The van der Waals surface area contributed by atoms with Gasteiger partial charge < -0.3 is 4.74 Å². The largest absolute Gasteiger partial charge is 0.423 e. The smallest absolute Gasteiger partial charge is 0.343 e. The molecule has 6 heteroatoms. The highest BCUT2D eigenvalue weighted by Gasteiger charge is 2.37. The molecule has 0 heterocycles. The minimum absolute atomic E-state index is 0.0302. The summed E-state index contributed by atoms with van der Waals surface area (Å²) < 4.78 is 62.6. The molecule has 2 aliphatic carbocycles. The zero-order valence-electron chi connectivity index (χ0n) is 20.3. The van der Waals surface area contributed by atoms with Gasteiger partial charge in [0.2, 0.25) is 0 Å². The van der Waals surface area contributed by atoms with Crippen LogP contribution in [0.2, 0.25) is 0 Å². The van der Waals surface area contributed by atoms with E-state index in [1.807, 2.05) is 6.92 Å². The molecule has 0 spiro atoms. The fourth-order valence-corrected chi connectivity index (χ4v) is 5.95. The number of allylic oxidation sites excluding steroid dienone is 2. The molecule has 0 amide bonds. The molecule has 2 fully saturated rings. The SMILES string of the molecule is C/C=C/CCC1CCC2CC(c3c(F)cc(C(=O)Oc4cc(F)c(C)c(F)c4)cc3F)CCC2C1. The van der Waals surface area contributed by atoms with E-state index in [-0.39, 0.29) is 28.4 Å². The van der Waals surface area contributed by atoms with E-state index in [4.69, 9.17) is 4.74 Å². The molecule has 2 aliphatic rings. The van der Waals surface area contributed by atoms with Gasteiger partial charge in [0.15, 0.2) is 0 Å². The van der Waals surface area contributed by atoms with Gasteiger partial charge in [-0.05, 0) is 94.6 Å². The Kier molecular flexibility index (Phi) is 7.98. The van der Waals surface area contributed by atoms with Gasteiger partial charge in [0, 0.05) is 23.3 Å². The lowest BCUT2D eigenvalue weighted by molar-refractivity contribution is 0.0732. The van der Waals surface area contributed by atoms with E-state index >= 15 is 8.78 Å². The van der Waals surface area contributed by atoms with Crippen LogP contribution < -0.4 is 4.74 Å². The van der Waals surface area contributed by atoms with Crippen LogP contribution in [0, 0.1) is 47.9 Å². The normalized spacial score (nSPS) is 24.4. The highest BCUT2D eigenvalue weighted by molar-refractivity contribution is 5.91. The topological polar surface area (TPSA) is 26.3 Å². The maximum absolute atomic E-state index is 15.1. The van der Waals surface area contributed by atoms with Crippen LogP contribution >= 0.6 is 0 Å². The monoisotopic (exact) mass is 488 g/mol. The highest BCUT2D eigenvalue weighted by Crippen LogP contribution is 2.49. The van der Waals surface area contributed by atoms with E-state index in [0.29, 0.717) is 11.8 Å². The first kappa shape index (κ1) is 25.5. The standard InChI is InChI=1S/C29H32F4O2/c1-3-4-5-6-18-7-8-20-12-21(10-9-19(20)11-18)28-26(32)13-22(14-27(28)33)29(34)35-23-15-24(30)17(2)25(31)16-23/h3-4,13-16,18-21H,5-12H2,1-2H3/b4-3+. The van der Waals surface area contributed by atoms with Crippen LogP contribution in [-0.2, 0) is 0 Å². The molecule has 4 atom stereocenters. The quantitative estimate of drug-likeness (QED) is 0.177. The Bertz CT molecular complexity index is 1060. The number of ether oxygens (including phenoxy) is 1. The van der Waals surface area contributed by atoms with Crippen LogP contribution in [0.1, 0.15) is 85.7 Å². The van der Waals surface area contributed by atoms with Crippen molar-refractivity contribution >= 4 is 5.97 Å². The summed E-state index contributed by atoms with van der Waals surface area (Å²) in [6, 6.07) is 3.66. The third kappa shape index (κ3) is 5.79. The van der Waals surface area contributed by atoms with E-state index in [1.54, 1.807) is 0 Å². The van der Waals surface area contributed by atoms with Crippen LogP contribution in [0.25, 0.3) is 0 Å². The lowest BCUT2D eigenvalue weighted by atomic mass is 9.63. The molecular weight excluding hydrogens is 456 g/mol. The highest BCUT2D eigenvalue weighted by atomic mass is 19.1. The number of hydrogen-bond donors (Lipinski definition) is 0. The van der Waals surface area contributed by atoms with Gasteiger partial charge in [-0.1, -0.05) is 18.6 Å². The van der Waals surface area contributed by atoms with Crippen molar-refractivity contribution in [3.63, 3.8) is 0 Å². The van der Waals surface area contributed by atoms with Crippen molar-refractivity contribution in [2.24, 2.45) is 17.8 Å². The van der Waals surface area contributed by atoms with E-state index in [1.165, 1.54) is 26.2 Å². The average molecular weight is 489 g/mol. The van der Waals surface area contributed by atoms with Crippen LogP contribution in [0.5, 0.6) is 5.75 Å². The summed E-state index contributed by atoms with van der Waals surface area (Å²) in [6.07, 6.45) is 12.5. The second kappa shape index (κ2) is 11.0. The molecule has 0 radical (unpaired) electrons. The number of hydrogen-bond acceptors (Lipinski definition) is 2. The summed E-state index contributed by atoms with van der Waals surface area (Å²) in [6.45, 7) is 3.29. The van der Waals surface area contributed by atoms with Crippen LogP contribution in [0.3, 0.4) is 0 Å². The third-order valence-corrected chi connectivity index (χ3v) is 7.89. The van der Waals surface area contributed by atoms with E-state index in [9.17, 15) is 13.6 Å². The molecular formula is C29H32F4O2. The number of halogens is 4. The number of esters is 1. The summed E-state index contributed by atoms with van der Waals surface area (Å²) in [5.41, 5.74) is -0.508. The molecule has 2 nitrogen and oxygen atoms in total. The molecule has 4 unspecified atom stereocenters. The molecule has 0 bridgehead atoms. The van der Waals surface area contributed by atoms with Crippen LogP contribution in [0.15, 0.2) is 36.4 Å². The first-order valence-electron chi connectivity index (χ1n) is 12.5. The maximum atomic E-state index is 15.1. The lowest BCUT2D eigenvalue weighted by Crippen LogP contribution is -2.31. The van der Waals surface area contributed by atoms with Gasteiger partial charge in [0.05, 0.1) is 5.56 Å². The van der Waals surface area contributed by atoms with Crippen molar-refractivity contribution in [2.45, 2.75) is 71.1 Å². The zero-order valence-corrected chi connectivity index (χ0v) is 20.3. The van der Waals surface area contributed by atoms with Crippen LogP contribution in [0.4, 0.5) is 17.6 Å². The van der Waals surface area contributed by atoms with Gasteiger partial charge in [-0.3, -0.25) is 0 Å². The summed E-state index contributed by atoms with van der Waals surface area (Å²) >= 11 is 0. The number of benzene rings is 2. The minimum Gasteiger partial charge on any atom is -0.423 e. The van der Waals surface area contributed by atoms with E-state index in [2.05, 4.69) is 12.2 Å². The molecule has 0 saturated heterocycles. The van der Waals surface area contributed by atoms with Crippen LogP contribution in [-0.4, -0.2) is 5.97 Å². The molecule has 4 rings (SSSR count). The van der Waals surface area contributed by atoms with E-state index in [0.717, 1.165) is 62.3 Å². The molecule has 188 valence electrons. The summed E-state index contributed by atoms with van der Waals surface area (Å²) in [5, 5.41) is 0. The Balaban J connectivity index is 1.43. The Labute approximate surface area is 204 Å². The van der Waals surface area contributed by atoms with Crippen molar-refractivity contribution in [3.8, 4) is 5.75 Å².